The van der Waals surface area contributed by atoms with Crippen LogP contribution in [0.2, 0.25) is 0 Å². The fourth-order valence-corrected chi connectivity index (χ4v) is 7.67. The Kier molecular flexibility index (Phi) is 7.35. The summed E-state index contributed by atoms with van der Waals surface area (Å²) in [6.45, 7) is 0. The zero-order chi connectivity index (χ0) is 32.7. The Balaban J connectivity index is 1.30. The molecule has 1 aromatic heterocycles. The number of aromatic nitrogens is 1. The molecule has 1 radical (unpaired) electrons. The van der Waals surface area contributed by atoms with E-state index in [1.54, 1.807) is 0 Å². The Morgan fingerprint density at radius 3 is 1.92 bits per heavy atom. The van der Waals surface area contributed by atoms with Crippen LogP contribution in [0.3, 0.4) is 0 Å². The molecule has 1 heterocycles. The fourth-order valence-electron chi connectivity index (χ4n) is 7.15. The summed E-state index contributed by atoms with van der Waals surface area (Å²) in [7, 11) is 0. The van der Waals surface area contributed by atoms with Gasteiger partial charge in [-0.3, -0.25) is 0 Å². The number of nitrogens with zero attached hydrogens (tertiary/aromatic N) is 2. The quantitative estimate of drug-likeness (QED) is 0.158. The van der Waals surface area contributed by atoms with Crippen LogP contribution in [0.5, 0.6) is 0 Å². The summed E-state index contributed by atoms with van der Waals surface area (Å²) in [6.07, 6.45) is 0. The monoisotopic (exact) mass is 691 g/mol. The second-order valence-corrected chi connectivity index (χ2v) is 13.3. The Morgan fingerprint density at radius 2 is 1.06 bits per heavy atom. The van der Waals surface area contributed by atoms with E-state index in [1.165, 1.54) is 54.8 Å². The van der Waals surface area contributed by atoms with Gasteiger partial charge < -0.3 is 0 Å². The van der Waals surface area contributed by atoms with Gasteiger partial charge in [-0.05, 0) is 0 Å². The minimum atomic E-state index is 1.09. The first kappa shape index (κ1) is 29.3. The van der Waals surface area contributed by atoms with E-state index in [0.717, 1.165) is 27.2 Å². The van der Waals surface area contributed by atoms with Gasteiger partial charge in [0.25, 0.3) is 0 Å². The molecule has 0 amide bonds. The molecule has 0 saturated carbocycles. The minimum absolute atomic E-state index is 1.09. The second-order valence-electron chi connectivity index (χ2n) is 12.4. The van der Waals surface area contributed by atoms with Gasteiger partial charge in [0.1, 0.15) is 0 Å². The number of fused-ring (bicyclic) bond motifs is 4. The van der Waals surface area contributed by atoms with E-state index in [-0.39, 0.29) is 0 Å². The van der Waals surface area contributed by atoms with Crippen molar-refractivity contribution in [3.05, 3.63) is 188 Å². The van der Waals surface area contributed by atoms with Crippen molar-refractivity contribution in [3.63, 3.8) is 0 Å². The van der Waals surface area contributed by atoms with Crippen molar-refractivity contribution >= 4 is 70.1 Å². The van der Waals surface area contributed by atoms with Crippen molar-refractivity contribution in [2.45, 2.75) is 0 Å². The molecule has 0 atom stereocenters. The van der Waals surface area contributed by atoms with E-state index in [0.29, 0.717) is 0 Å². The molecule has 231 valence electrons. The van der Waals surface area contributed by atoms with Gasteiger partial charge in [0, 0.05) is 0 Å². The molecular weight excluding hydrogens is 659 g/mol. The van der Waals surface area contributed by atoms with Crippen molar-refractivity contribution < 1.29 is 0 Å². The molecule has 3 heteroatoms. The first-order chi connectivity index (χ1) is 24.2. The molecule has 0 N–H and O–H groups in total. The second kappa shape index (κ2) is 12.3. The predicted octanol–water partition coefficient (Wildman–Crippen LogP) is 11.5. The van der Waals surface area contributed by atoms with Crippen molar-refractivity contribution in [3.8, 4) is 27.9 Å². The van der Waals surface area contributed by atoms with E-state index in [4.69, 9.17) is 0 Å². The van der Waals surface area contributed by atoms with Crippen molar-refractivity contribution in [2.75, 3.05) is 4.90 Å². The molecule has 9 aromatic rings. The maximum absolute atomic E-state index is 3.31. The summed E-state index contributed by atoms with van der Waals surface area (Å²) in [5, 5.41) is 4.92. The average molecular weight is 691 g/mol. The van der Waals surface area contributed by atoms with Gasteiger partial charge in [-0.1, -0.05) is 24.3 Å². The molecule has 49 heavy (non-hydrogen) atoms. The van der Waals surface area contributed by atoms with Crippen LogP contribution in [0.4, 0.5) is 17.1 Å². The number of hydrogen-bond acceptors (Lipinski definition) is 1. The Labute approximate surface area is 294 Å². The van der Waals surface area contributed by atoms with Gasteiger partial charge in [-0.2, -0.15) is 0 Å². The van der Waals surface area contributed by atoms with Gasteiger partial charge in [-0.15, -0.1) is 0 Å². The van der Waals surface area contributed by atoms with Crippen molar-refractivity contribution in [1.82, 2.24) is 4.57 Å². The number of hydrogen-bond donors (Lipinski definition) is 0. The third-order valence-electron chi connectivity index (χ3n) is 9.44. The Morgan fingerprint density at radius 1 is 0.408 bits per heavy atom. The van der Waals surface area contributed by atoms with E-state index in [1.807, 2.05) is 0 Å². The molecule has 8 aromatic carbocycles. The zero-order valence-corrected chi connectivity index (χ0v) is 28.4. The molecule has 0 unspecified atom stereocenters. The number of para-hydroxylation sites is 3. The van der Waals surface area contributed by atoms with Crippen molar-refractivity contribution in [2.24, 2.45) is 0 Å². The van der Waals surface area contributed by atoms with Crippen molar-refractivity contribution in [1.29, 1.82) is 0 Å². The molecular formula is C46H31N2Se. The SMILES string of the molecule is [Se]c1ccc(N(c2ccc3c(c2)c2ccccc2n3-c2ccccc2)c2ccccc2-c2ccc3ccccc3c2)cc1-c1ccccc1. The third-order valence-corrected chi connectivity index (χ3v) is 10.2. The summed E-state index contributed by atoms with van der Waals surface area (Å²) in [6, 6.07) is 67.8. The molecule has 2 nitrogen and oxygen atoms in total. The van der Waals surface area contributed by atoms with E-state index >= 15 is 0 Å². The van der Waals surface area contributed by atoms with Crippen LogP contribution in [-0.2, 0) is 0 Å². The van der Waals surface area contributed by atoms with Crippen LogP contribution < -0.4 is 9.36 Å². The Hall–Kier alpha value is -5.86. The number of benzene rings is 8. The van der Waals surface area contributed by atoms with Crippen LogP contribution >= 0.6 is 0 Å². The van der Waals surface area contributed by atoms with E-state index < -0.39 is 0 Å². The standard InChI is InChI=1S/C46H31N2Se/c49-46-28-26-38(30-41(46)33-14-3-1-4-15-33)47(43-21-11-9-19-39(43)35-24-23-32-13-7-8-16-34(32)29-35)37-25-27-45-42(31-37)40-20-10-12-22-44(40)48(45)36-17-5-2-6-18-36/h1-31H. The van der Waals surface area contributed by atoms with E-state index in [2.05, 4.69) is 214 Å². The van der Waals surface area contributed by atoms with Crippen LogP contribution in [0, 0.1) is 0 Å². The third kappa shape index (κ3) is 5.21. The Bertz CT molecular complexity index is 2620. The van der Waals surface area contributed by atoms with Crippen LogP contribution in [0.15, 0.2) is 188 Å². The van der Waals surface area contributed by atoms with Gasteiger partial charge in [0.05, 0.1) is 0 Å². The average Bonchev–Trinajstić information content (AvgIpc) is 3.50. The molecule has 0 fully saturated rings. The summed E-state index contributed by atoms with van der Waals surface area (Å²) < 4.78 is 3.50. The van der Waals surface area contributed by atoms with Crippen LogP contribution in [-0.4, -0.2) is 20.6 Å². The van der Waals surface area contributed by atoms with E-state index in [9.17, 15) is 0 Å². The summed E-state index contributed by atoms with van der Waals surface area (Å²) >= 11 is 3.31. The predicted molar refractivity (Wildman–Crippen MR) is 209 cm³/mol. The first-order valence-electron chi connectivity index (χ1n) is 16.6. The van der Waals surface area contributed by atoms with Gasteiger partial charge >= 0.3 is 271 Å². The van der Waals surface area contributed by atoms with Crippen LogP contribution in [0.1, 0.15) is 0 Å². The van der Waals surface area contributed by atoms with Gasteiger partial charge in [0.2, 0.25) is 0 Å². The van der Waals surface area contributed by atoms with Gasteiger partial charge in [-0.25, -0.2) is 0 Å². The molecule has 0 spiro atoms. The number of anilines is 3. The molecule has 0 bridgehead atoms. The summed E-state index contributed by atoms with van der Waals surface area (Å²) in [4.78, 5) is 2.42. The summed E-state index contributed by atoms with van der Waals surface area (Å²) in [5.41, 5.74) is 11.6. The molecule has 9 rings (SSSR count). The first-order valence-corrected chi connectivity index (χ1v) is 17.4. The molecule has 0 saturated heterocycles. The normalized spacial score (nSPS) is 11.3. The molecule has 0 aliphatic carbocycles. The molecule has 0 aliphatic rings. The fraction of sp³-hybridized carbons (Fsp3) is 0. The topological polar surface area (TPSA) is 8.17 Å². The molecule has 0 aliphatic heterocycles. The zero-order valence-electron chi connectivity index (χ0n) is 26.7. The van der Waals surface area contributed by atoms with Crippen LogP contribution in [0.25, 0.3) is 60.5 Å². The maximum atomic E-state index is 3.31. The summed E-state index contributed by atoms with van der Waals surface area (Å²) in [5.74, 6) is 0. The van der Waals surface area contributed by atoms with Gasteiger partial charge in [0.15, 0.2) is 0 Å². The number of rotatable bonds is 6.